The molecule has 21 heavy (non-hydrogen) atoms. The zero-order chi connectivity index (χ0) is 15.2. The highest BCUT2D eigenvalue weighted by Crippen LogP contribution is 2.23. The smallest absolute Gasteiger partial charge is 0.308 e. The Morgan fingerprint density at radius 2 is 1.62 bits per heavy atom. The van der Waals surface area contributed by atoms with E-state index in [-0.39, 0.29) is 17.7 Å². The van der Waals surface area contributed by atoms with Crippen LogP contribution >= 0.6 is 0 Å². The molecular weight excluding hydrogens is 264 g/mol. The van der Waals surface area contributed by atoms with Crippen LogP contribution in [0.15, 0.2) is 54.6 Å². The fourth-order valence-electron chi connectivity index (χ4n) is 2.17. The van der Waals surface area contributed by atoms with Gasteiger partial charge in [-0.15, -0.1) is 0 Å². The summed E-state index contributed by atoms with van der Waals surface area (Å²) in [4.78, 5) is 23.0. The van der Waals surface area contributed by atoms with Crippen LogP contribution in [-0.4, -0.2) is 11.8 Å². The van der Waals surface area contributed by atoms with Crippen molar-refractivity contribution >= 4 is 11.8 Å². The highest BCUT2D eigenvalue weighted by atomic mass is 16.5. The molecule has 0 saturated carbocycles. The molecule has 0 aromatic heterocycles. The number of esters is 1. The van der Waals surface area contributed by atoms with Crippen LogP contribution in [0.4, 0.5) is 0 Å². The van der Waals surface area contributed by atoms with Gasteiger partial charge in [-0.1, -0.05) is 49.4 Å². The SMILES string of the molecule is CC(=O)Oc1ccc(C(C)CC(=O)c2ccccc2)cc1. The summed E-state index contributed by atoms with van der Waals surface area (Å²) in [5.74, 6) is 0.430. The van der Waals surface area contributed by atoms with Gasteiger partial charge >= 0.3 is 5.97 Å². The van der Waals surface area contributed by atoms with Crippen LogP contribution in [-0.2, 0) is 4.79 Å². The normalized spacial score (nSPS) is 11.7. The number of rotatable bonds is 5. The van der Waals surface area contributed by atoms with E-state index in [1.165, 1.54) is 6.92 Å². The van der Waals surface area contributed by atoms with Gasteiger partial charge in [-0.3, -0.25) is 9.59 Å². The van der Waals surface area contributed by atoms with Crippen LogP contribution in [0.25, 0.3) is 0 Å². The second kappa shape index (κ2) is 6.84. The first-order chi connectivity index (χ1) is 10.1. The Bertz CT molecular complexity index is 615. The van der Waals surface area contributed by atoms with Crippen molar-refractivity contribution in [2.24, 2.45) is 0 Å². The lowest BCUT2D eigenvalue weighted by Gasteiger charge is -2.12. The molecular formula is C18H18O3. The van der Waals surface area contributed by atoms with E-state index >= 15 is 0 Å². The molecule has 0 fully saturated rings. The maximum atomic E-state index is 12.2. The van der Waals surface area contributed by atoms with Gasteiger partial charge in [-0.25, -0.2) is 0 Å². The minimum atomic E-state index is -0.338. The Kier molecular flexibility index (Phi) is 4.88. The minimum absolute atomic E-state index is 0.115. The molecule has 0 saturated heterocycles. The molecule has 2 rings (SSSR count). The second-order valence-electron chi connectivity index (χ2n) is 5.06. The average molecular weight is 282 g/mol. The number of benzene rings is 2. The highest BCUT2D eigenvalue weighted by molar-refractivity contribution is 5.96. The van der Waals surface area contributed by atoms with E-state index in [4.69, 9.17) is 4.74 Å². The molecule has 1 unspecified atom stereocenters. The van der Waals surface area contributed by atoms with Crippen molar-refractivity contribution < 1.29 is 14.3 Å². The molecule has 0 aliphatic heterocycles. The molecule has 2 aromatic carbocycles. The molecule has 0 N–H and O–H groups in total. The summed E-state index contributed by atoms with van der Waals surface area (Å²) in [5, 5.41) is 0. The first-order valence-electron chi connectivity index (χ1n) is 6.93. The van der Waals surface area contributed by atoms with Gasteiger partial charge in [-0.05, 0) is 23.6 Å². The van der Waals surface area contributed by atoms with Crippen molar-refractivity contribution in [1.29, 1.82) is 0 Å². The van der Waals surface area contributed by atoms with Crippen molar-refractivity contribution in [3.63, 3.8) is 0 Å². The van der Waals surface area contributed by atoms with Gasteiger partial charge in [0.1, 0.15) is 5.75 Å². The van der Waals surface area contributed by atoms with Gasteiger partial charge in [-0.2, -0.15) is 0 Å². The van der Waals surface area contributed by atoms with Crippen molar-refractivity contribution in [1.82, 2.24) is 0 Å². The summed E-state index contributed by atoms with van der Waals surface area (Å²) in [6.07, 6.45) is 0.455. The summed E-state index contributed by atoms with van der Waals surface area (Å²) in [6.45, 7) is 3.39. The highest BCUT2D eigenvalue weighted by Gasteiger charge is 2.13. The van der Waals surface area contributed by atoms with E-state index in [0.29, 0.717) is 12.2 Å². The molecule has 0 spiro atoms. The largest absolute Gasteiger partial charge is 0.427 e. The third-order valence-electron chi connectivity index (χ3n) is 3.30. The van der Waals surface area contributed by atoms with Crippen LogP contribution in [0.1, 0.15) is 42.1 Å². The Morgan fingerprint density at radius 3 is 2.19 bits per heavy atom. The maximum absolute atomic E-state index is 12.2. The monoisotopic (exact) mass is 282 g/mol. The number of carbonyl (C=O) groups excluding carboxylic acids is 2. The summed E-state index contributed by atoms with van der Waals surface area (Å²) in [6, 6.07) is 16.6. The Balaban J connectivity index is 2.01. The lowest BCUT2D eigenvalue weighted by molar-refractivity contribution is -0.131. The molecule has 0 radical (unpaired) electrons. The molecule has 0 aliphatic carbocycles. The average Bonchev–Trinajstić information content (AvgIpc) is 2.48. The predicted octanol–water partition coefficient (Wildman–Crippen LogP) is 3.99. The lowest BCUT2D eigenvalue weighted by atomic mass is 9.93. The number of hydrogen-bond donors (Lipinski definition) is 0. The van der Waals surface area contributed by atoms with Crippen LogP contribution in [0.3, 0.4) is 0 Å². The molecule has 0 amide bonds. The lowest BCUT2D eigenvalue weighted by Crippen LogP contribution is -2.05. The molecule has 1 atom stereocenters. The van der Waals surface area contributed by atoms with E-state index in [1.807, 2.05) is 49.4 Å². The molecule has 3 heteroatoms. The first-order valence-corrected chi connectivity index (χ1v) is 6.93. The Labute approximate surface area is 124 Å². The molecule has 0 aliphatic rings. The number of carbonyl (C=O) groups is 2. The summed E-state index contributed by atoms with van der Waals surface area (Å²) < 4.78 is 4.99. The van der Waals surface area contributed by atoms with Crippen molar-refractivity contribution in [3.05, 3.63) is 65.7 Å². The van der Waals surface area contributed by atoms with Crippen LogP contribution < -0.4 is 4.74 Å². The zero-order valence-corrected chi connectivity index (χ0v) is 12.2. The van der Waals surface area contributed by atoms with Gasteiger partial charge in [0.05, 0.1) is 0 Å². The molecule has 108 valence electrons. The van der Waals surface area contributed by atoms with E-state index in [0.717, 1.165) is 11.1 Å². The minimum Gasteiger partial charge on any atom is -0.427 e. The van der Waals surface area contributed by atoms with Crippen LogP contribution in [0, 0.1) is 0 Å². The quantitative estimate of drug-likeness (QED) is 0.473. The summed E-state index contributed by atoms with van der Waals surface area (Å²) in [5.41, 5.74) is 1.79. The van der Waals surface area contributed by atoms with Gasteiger partial charge in [0.2, 0.25) is 0 Å². The van der Waals surface area contributed by atoms with Gasteiger partial charge in [0.25, 0.3) is 0 Å². The Hall–Kier alpha value is -2.42. The number of ketones is 1. The Morgan fingerprint density at radius 1 is 1.00 bits per heavy atom. The van der Waals surface area contributed by atoms with E-state index in [2.05, 4.69) is 0 Å². The summed E-state index contributed by atoms with van der Waals surface area (Å²) in [7, 11) is 0. The standard InChI is InChI=1S/C18H18O3/c1-13(12-18(20)16-6-4-3-5-7-16)15-8-10-17(11-9-15)21-14(2)19/h3-11,13H,12H2,1-2H3. The maximum Gasteiger partial charge on any atom is 0.308 e. The van der Waals surface area contributed by atoms with Crippen molar-refractivity contribution in [2.45, 2.75) is 26.2 Å². The van der Waals surface area contributed by atoms with E-state index in [9.17, 15) is 9.59 Å². The molecule has 0 bridgehead atoms. The van der Waals surface area contributed by atoms with Crippen molar-refractivity contribution in [3.8, 4) is 5.75 Å². The van der Waals surface area contributed by atoms with E-state index < -0.39 is 0 Å². The van der Waals surface area contributed by atoms with Gasteiger partial charge in [0, 0.05) is 18.9 Å². The number of Topliss-reactive ketones (excluding diaryl/α,β-unsaturated/α-hetero) is 1. The zero-order valence-electron chi connectivity index (χ0n) is 12.2. The second-order valence-corrected chi connectivity index (χ2v) is 5.06. The fraction of sp³-hybridized carbons (Fsp3) is 0.222. The number of hydrogen-bond acceptors (Lipinski definition) is 3. The number of ether oxygens (including phenoxy) is 1. The molecule has 0 heterocycles. The predicted molar refractivity (Wildman–Crippen MR) is 81.6 cm³/mol. The molecule has 2 aromatic rings. The third-order valence-corrected chi connectivity index (χ3v) is 3.30. The first kappa shape index (κ1) is 15.0. The topological polar surface area (TPSA) is 43.4 Å². The summed E-state index contributed by atoms with van der Waals surface area (Å²) >= 11 is 0. The van der Waals surface area contributed by atoms with Crippen molar-refractivity contribution in [2.75, 3.05) is 0 Å². The van der Waals surface area contributed by atoms with E-state index in [1.54, 1.807) is 12.1 Å². The van der Waals surface area contributed by atoms with Gasteiger partial charge in [0.15, 0.2) is 5.78 Å². The van der Waals surface area contributed by atoms with Crippen LogP contribution in [0.2, 0.25) is 0 Å². The van der Waals surface area contributed by atoms with Gasteiger partial charge < -0.3 is 4.74 Å². The molecule has 3 nitrogen and oxygen atoms in total. The third kappa shape index (κ3) is 4.28. The van der Waals surface area contributed by atoms with Crippen LogP contribution in [0.5, 0.6) is 5.75 Å². The fourth-order valence-corrected chi connectivity index (χ4v) is 2.17.